The third-order valence-corrected chi connectivity index (χ3v) is 2.11. The Morgan fingerprint density at radius 1 is 1.13 bits per heavy atom. The molecule has 0 aliphatic rings. The Balaban J connectivity index is 2.33. The third kappa shape index (κ3) is 2.35. The van der Waals surface area contributed by atoms with Crippen LogP contribution in [0.25, 0.3) is 11.1 Å². The van der Waals surface area contributed by atoms with E-state index in [-0.39, 0.29) is 0 Å². The summed E-state index contributed by atoms with van der Waals surface area (Å²) in [6, 6.07) is 3.96. The van der Waals surface area contributed by atoms with Crippen LogP contribution in [0, 0.1) is 0 Å². The van der Waals surface area contributed by atoms with Gasteiger partial charge >= 0.3 is 0 Å². The molecule has 2 N–H and O–H groups in total. The van der Waals surface area contributed by atoms with Crippen molar-refractivity contribution in [1.29, 1.82) is 0 Å². The summed E-state index contributed by atoms with van der Waals surface area (Å²) >= 11 is 0. The van der Waals surface area contributed by atoms with Crippen molar-refractivity contribution in [3.05, 3.63) is 42.7 Å². The van der Waals surface area contributed by atoms with E-state index in [9.17, 15) is 0 Å². The molecule has 0 unspecified atom stereocenters. The molecular weight excluding hydrogens is 188 g/mol. The quantitative estimate of drug-likeness (QED) is 0.804. The van der Waals surface area contributed by atoms with Gasteiger partial charge in [0.25, 0.3) is 0 Å². The largest absolute Gasteiger partial charge is 0.330 e. The van der Waals surface area contributed by atoms with Crippen LogP contribution in [0.2, 0.25) is 0 Å². The lowest BCUT2D eigenvalue weighted by Crippen LogP contribution is -2.04. The second-order valence-electron chi connectivity index (χ2n) is 3.20. The number of aromatic nitrogens is 3. The topological polar surface area (TPSA) is 64.7 Å². The molecule has 2 heterocycles. The summed E-state index contributed by atoms with van der Waals surface area (Å²) in [4.78, 5) is 12.2. The molecule has 0 aliphatic heterocycles. The number of hydrogen-bond donors (Lipinski definition) is 1. The normalized spacial score (nSPS) is 10.2. The molecule has 0 aliphatic carbocycles. The molecule has 0 bridgehead atoms. The highest BCUT2D eigenvalue weighted by molar-refractivity contribution is 5.61. The van der Waals surface area contributed by atoms with Gasteiger partial charge in [-0.3, -0.25) is 4.98 Å². The van der Waals surface area contributed by atoms with Gasteiger partial charge in [0.1, 0.15) is 6.33 Å². The molecule has 76 valence electrons. The first-order chi connectivity index (χ1) is 7.40. The van der Waals surface area contributed by atoms with E-state index in [2.05, 4.69) is 15.0 Å². The Hall–Kier alpha value is -1.81. The SMILES string of the molecule is NCCc1cc(-c2cncnc2)ccn1. The smallest absolute Gasteiger partial charge is 0.115 e. The predicted octanol–water partition coefficient (Wildman–Crippen LogP) is 1.04. The zero-order valence-electron chi connectivity index (χ0n) is 8.30. The molecule has 4 heteroatoms. The van der Waals surface area contributed by atoms with Crippen molar-refractivity contribution in [3.8, 4) is 11.1 Å². The molecule has 0 atom stereocenters. The van der Waals surface area contributed by atoms with Crippen LogP contribution in [-0.4, -0.2) is 21.5 Å². The number of nitrogens with zero attached hydrogens (tertiary/aromatic N) is 3. The van der Waals surface area contributed by atoms with Crippen LogP contribution < -0.4 is 5.73 Å². The number of rotatable bonds is 3. The third-order valence-electron chi connectivity index (χ3n) is 2.11. The second kappa shape index (κ2) is 4.61. The maximum Gasteiger partial charge on any atom is 0.115 e. The Bertz CT molecular complexity index is 428. The van der Waals surface area contributed by atoms with Crippen LogP contribution in [0.5, 0.6) is 0 Å². The first-order valence-corrected chi connectivity index (χ1v) is 4.80. The maximum absolute atomic E-state index is 5.48. The fourth-order valence-corrected chi connectivity index (χ4v) is 1.39. The molecule has 0 aromatic carbocycles. The Kier molecular flexibility index (Phi) is 2.99. The van der Waals surface area contributed by atoms with Gasteiger partial charge in [0.05, 0.1) is 0 Å². The molecule has 0 spiro atoms. The van der Waals surface area contributed by atoms with Crippen molar-refractivity contribution in [3.63, 3.8) is 0 Å². The van der Waals surface area contributed by atoms with E-state index in [1.54, 1.807) is 18.6 Å². The second-order valence-corrected chi connectivity index (χ2v) is 3.20. The number of nitrogens with two attached hydrogens (primary N) is 1. The van der Waals surface area contributed by atoms with Crippen LogP contribution in [-0.2, 0) is 6.42 Å². The van der Waals surface area contributed by atoms with Gasteiger partial charge in [0.15, 0.2) is 0 Å². The van der Waals surface area contributed by atoms with E-state index in [0.29, 0.717) is 6.54 Å². The van der Waals surface area contributed by atoms with Crippen LogP contribution in [0.15, 0.2) is 37.1 Å². The molecule has 2 aromatic rings. The summed E-state index contributed by atoms with van der Waals surface area (Å²) in [5.41, 5.74) is 8.56. The van der Waals surface area contributed by atoms with E-state index < -0.39 is 0 Å². The number of pyridine rings is 1. The zero-order valence-corrected chi connectivity index (χ0v) is 8.30. The lowest BCUT2D eigenvalue weighted by molar-refractivity contribution is 0.924. The van der Waals surface area contributed by atoms with Gasteiger partial charge in [0.2, 0.25) is 0 Å². The Labute approximate surface area is 88.2 Å². The van der Waals surface area contributed by atoms with Crippen molar-refractivity contribution in [2.75, 3.05) is 6.54 Å². The summed E-state index contributed by atoms with van der Waals surface area (Å²) < 4.78 is 0. The molecule has 0 radical (unpaired) electrons. The van der Waals surface area contributed by atoms with Gasteiger partial charge in [0, 0.05) is 36.3 Å². The highest BCUT2D eigenvalue weighted by Crippen LogP contribution is 2.16. The van der Waals surface area contributed by atoms with Crippen molar-refractivity contribution in [2.45, 2.75) is 6.42 Å². The van der Waals surface area contributed by atoms with Crippen molar-refractivity contribution >= 4 is 0 Å². The standard InChI is InChI=1S/C11H12N4/c12-3-1-11-5-9(2-4-15-11)10-6-13-8-14-7-10/h2,4-8H,1,3,12H2. The fraction of sp³-hybridized carbons (Fsp3) is 0.182. The van der Waals surface area contributed by atoms with E-state index in [1.165, 1.54) is 6.33 Å². The first-order valence-electron chi connectivity index (χ1n) is 4.80. The molecule has 15 heavy (non-hydrogen) atoms. The van der Waals surface area contributed by atoms with Crippen LogP contribution >= 0.6 is 0 Å². The van der Waals surface area contributed by atoms with Gasteiger partial charge in [-0.2, -0.15) is 0 Å². The maximum atomic E-state index is 5.48. The summed E-state index contributed by atoms with van der Waals surface area (Å²) in [6.07, 6.45) is 7.67. The highest BCUT2D eigenvalue weighted by atomic mass is 14.8. The minimum absolute atomic E-state index is 0.613. The summed E-state index contributed by atoms with van der Waals surface area (Å²) in [5, 5.41) is 0. The van der Waals surface area contributed by atoms with E-state index in [1.807, 2.05) is 12.1 Å². The number of hydrogen-bond acceptors (Lipinski definition) is 4. The van der Waals surface area contributed by atoms with Gasteiger partial charge in [-0.1, -0.05) is 0 Å². The van der Waals surface area contributed by atoms with Gasteiger partial charge in [-0.15, -0.1) is 0 Å². The van der Waals surface area contributed by atoms with Gasteiger partial charge < -0.3 is 5.73 Å². The average Bonchev–Trinajstić information content (AvgIpc) is 2.31. The summed E-state index contributed by atoms with van der Waals surface area (Å²) in [7, 11) is 0. The molecule has 2 rings (SSSR count). The monoisotopic (exact) mass is 200 g/mol. The van der Waals surface area contributed by atoms with Crippen LogP contribution in [0.3, 0.4) is 0 Å². The fourth-order valence-electron chi connectivity index (χ4n) is 1.39. The van der Waals surface area contributed by atoms with E-state index >= 15 is 0 Å². The molecule has 0 fully saturated rings. The van der Waals surface area contributed by atoms with E-state index in [0.717, 1.165) is 23.2 Å². The molecular formula is C11H12N4. The van der Waals surface area contributed by atoms with E-state index in [4.69, 9.17) is 5.73 Å². The van der Waals surface area contributed by atoms with Crippen molar-refractivity contribution in [2.24, 2.45) is 5.73 Å². The lowest BCUT2D eigenvalue weighted by Gasteiger charge is -2.02. The predicted molar refractivity (Wildman–Crippen MR) is 58.0 cm³/mol. The van der Waals surface area contributed by atoms with Crippen molar-refractivity contribution in [1.82, 2.24) is 15.0 Å². The molecule has 4 nitrogen and oxygen atoms in total. The molecule has 0 saturated carbocycles. The summed E-state index contributed by atoms with van der Waals surface area (Å²) in [6.45, 7) is 0.613. The van der Waals surface area contributed by atoms with Crippen molar-refractivity contribution < 1.29 is 0 Å². The van der Waals surface area contributed by atoms with Crippen LogP contribution in [0.1, 0.15) is 5.69 Å². The molecule has 0 amide bonds. The first kappa shape index (κ1) is 9.73. The highest BCUT2D eigenvalue weighted by Gasteiger charge is 1.99. The molecule has 0 saturated heterocycles. The van der Waals surface area contributed by atoms with Gasteiger partial charge in [-0.05, 0) is 24.2 Å². The minimum Gasteiger partial charge on any atom is -0.330 e. The Morgan fingerprint density at radius 3 is 2.67 bits per heavy atom. The zero-order chi connectivity index (χ0) is 10.5. The summed E-state index contributed by atoms with van der Waals surface area (Å²) in [5.74, 6) is 0. The minimum atomic E-state index is 0.613. The molecule has 2 aromatic heterocycles. The lowest BCUT2D eigenvalue weighted by atomic mass is 10.1. The van der Waals surface area contributed by atoms with Crippen LogP contribution in [0.4, 0.5) is 0 Å². The average molecular weight is 200 g/mol. The Morgan fingerprint density at radius 2 is 1.93 bits per heavy atom. The van der Waals surface area contributed by atoms with Gasteiger partial charge in [-0.25, -0.2) is 9.97 Å².